The summed E-state index contributed by atoms with van der Waals surface area (Å²) in [6.07, 6.45) is 1.31. The Morgan fingerprint density at radius 1 is 1.16 bits per heavy atom. The van der Waals surface area contributed by atoms with Crippen LogP contribution in [0.3, 0.4) is 0 Å². The molecule has 1 aromatic rings. The van der Waals surface area contributed by atoms with E-state index in [2.05, 4.69) is 31.3 Å². The van der Waals surface area contributed by atoms with Gasteiger partial charge in [0.1, 0.15) is 0 Å². The summed E-state index contributed by atoms with van der Waals surface area (Å²) in [5, 5.41) is 3.00. The van der Waals surface area contributed by atoms with E-state index in [1.54, 1.807) is 0 Å². The first kappa shape index (κ1) is 15.7. The molecular formula is C16H26N2O. The lowest BCUT2D eigenvalue weighted by atomic mass is 9.84. The summed E-state index contributed by atoms with van der Waals surface area (Å²) in [7, 11) is 0. The number of amides is 1. The van der Waals surface area contributed by atoms with E-state index in [-0.39, 0.29) is 11.3 Å². The molecule has 3 N–H and O–H groups in total. The predicted molar refractivity (Wildman–Crippen MR) is 80.0 cm³/mol. The van der Waals surface area contributed by atoms with Gasteiger partial charge in [-0.15, -0.1) is 0 Å². The smallest absolute Gasteiger partial charge is 0.240 e. The molecule has 3 nitrogen and oxygen atoms in total. The van der Waals surface area contributed by atoms with E-state index < -0.39 is 5.54 Å². The fraction of sp³-hybridized carbons (Fsp3) is 0.562. The second-order valence-electron chi connectivity index (χ2n) is 5.80. The lowest BCUT2D eigenvalue weighted by Gasteiger charge is -2.30. The maximum Gasteiger partial charge on any atom is 0.240 e. The fourth-order valence-electron chi connectivity index (χ4n) is 2.04. The Balaban J connectivity index is 2.69. The molecule has 0 bridgehead atoms. The van der Waals surface area contributed by atoms with Crippen molar-refractivity contribution in [3.05, 3.63) is 35.9 Å². The van der Waals surface area contributed by atoms with Crippen molar-refractivity contribution in [2.75, 3.05) is 6.54 Å². The zero-order chi connectivity index (χ0) is 14.5. The topological polar surface area (TPSA) is 55.1 Å². The lowest BCUT2D eigenvalue weighted by Crippen LogP contribution is -2.54. The van der Waals surface area contributed by atoms with Crippen LogP contribution in [0, 0.1) is 0 Å². The van der Waals surface area contributed by atoms with E-state index >= 15 is 0 Å². The number of nitrogens with two attached hydrogens (primary N) is 1. The number of benzene rings is 1. The van der Waals surface area contributed by atoms with Crippen LogP contribution in [0.25, 0.3) is 0 Å². The normalized spacial score (nSPS) is 12.3. The first-order valence-corrected chi connectivity index (χ1v) is 6.98. The Kier molecular flexibility index (Phi) is 5.12. The third-order valence-corrected chi connectivity index (χ3v) is 3.96. The summed E-state index contributed by atoms with van der Waals surface area (Å²) in [5.74, 6) is -0.0542. The average Bonchev–Trinajstić information content (AvgIpc) is 2.44. The van der Waals surface area contributed by atoms with E-state index in [0.717, 1.165) is 0 Å². The molecule has 0 aliphatic heterocycles. The molecule has 0 spiro atoms. The van der Waals surface area contributed by atoms with Crippen molar-refractivity contribution in [3.63, 3.8) is 0 Å². The summed E-state index contributed by atoms with van der Waals surface area (Å²) in [6, 6.07) is 10.2. The molecule has 0 aliphatic rings. The standard InChI is InChI=1S/C16H26N2O/c1-5-16(17,6-2)14(19)18-12-15(3,4)13-10-8-7-9-11-13/h7-11H,5-6,12,17H2,1-4H3,(H,18,19). The lowest BCUT2D eigenvalue weighted by molar-refractivity contribution is -0.126. The van der Waals surface area contributed by atoms with Crippen LogP contribution in [0.4, 0.5) is 0 Å². The first-order chi connectivity index (χ1) is 8.85. The minimum absolute atomic E-state index is 0.0542. The largest absolute Gasteiger partial charge is 0.354 e. The molecule has 19 heavy (non-hydrogen) atoms. The minimum Gasteiger partial charge on any atom is -0.354 e. The molecule has 0 atom stereocenters. The quantitative estimate of drug-likeness (QED) is 0.828. The third-order valence-electron chi connectivity index (χ3n) is 3.96. The van der Waals surface area contributed by atoms with Crippen molar-refractivity contribution in [1.29, 1.82) is 0 Å². The van der Waals surface area contributed by atoms with Gasteiger partial charge >= 0.3 is 0 Å². The van der Waals surface area contributed by atoms with Gasteiger partial charge in [-0.05, 0) is 18.4 Å². The number of carbonyl (C=O) groups excluding carboxylic acids is 1. The molecule has 1 rings (SSSR count). The van der Waals surface area contributed by atoms with Crippen LogP contribution < -0.4 is 11.1 Å². The van der Waals surface area contributed by atoms with E-state index in [1.807, 2.05) is 32.0 Å². The first-order valence-electron chi connectivity index (χ1n) is 6.98. The third kappa shape index (κ3) is 3.80. The maximum atomic E-state index is 12.2. The van der Waals surface area contributed by atoms with Gasteiger partial charge in [0.05, 0.1) is 5.54 Å². The molecule has 0 aromatic heterocycles. The van der Waals surface area contributed by atoms with Crippen LogP contribution in [0.15, 0.2) is 30.3 Å². The second-order valence-corrected chi connectivity index (χ2v) is 5.80. The van der Waals surface area contributed by atoms with Gasteiger partial charge in [-0.1, -0.05) is 58.0 Å². The Labute approximate surface area is 116 Å². The van der Waals surface area contributed by atoms with Crippen LogP contribution in [-0.2, 0) is 10.2 Å². The maximum absolute atomic E-state index is 12.2. The number of hydrogen-bond donors (Lipinski definition) is 2. The van der Waals surface area contributed by atoms with Crippen molar-refractivity contribution in [2.45, 2.75) is 51.5 Å². The van der Waals surface area contributed by atoms with Crippen LogP contribution in [0.1, 0.15) is 46.1 Å². The van der Waals surface area contributed by atoms with Gasteiger partial charge in [0, 0.05) is 12.0 Å². The molecule has 106 valence electrons. The number of carbonyl (C=O) groups is 1. The van der Waals surface area contributed by atoms with Crippen LogP contribution in [0.5, 0.6) is 0 Å². The van der Waals surface area contributed by atoms with Gasteiger partial charge in [-0.2, -0.15) is 0 Å². The molecule has 1 amide bonds. The predicted octanol–water partition coefficient (Wildman–Crippen LogP) is 2.60. The van der Waals surface area contributed by atoms with E-state index in [0.29, 0.717) is 19.4 Å². The number of rotatable bonds is 6. The highest BCUT2D eigenvalue weighted by atomic mass is 16.2. The summed E-state index contributed by atoms with van der Waals surface area (Å²) in [5.41, 5.74) is 6.47. The molecule has 0 heterocycles. The molecule has 0 saturated carbocycles. The zero-order valence-corrected chi connectivity index (χ0v) is 12.5. The molecule has 0 saturated heterocycles. The van der Waals surface area contributed by atoms with Crippen LogP contribution in [-0.4, -0.2) is 18.0 Å². The SMILES string of the molecule is CCC(N)(CC)C(=O)NCC(C)(C)c1ccccc1. The Morgan fingerprint density at radius 3 is 2.16 bits per heavy atom. The van der Waals surface area contributed by atoms with E-state index in [1.165, 1.54) is 5.56 Å². The zero-order valence-electron chi connectivity index (χ0n) is 12.5. The van der Waals surface area contributed by atoms with Gasteiger partial charge in [0.15, 0.2) is 0 Å². The molecule has 0 aliphatic carbocycles. The van der Waals surface area contributed by atoms with Gasteiger partial charge in [0.2, 0.25) is 5.91 Å². The molecule has 0 radical (unpaired) electrons. The number of hydrogen-bond acceptors (Lipinski definition) is 2. The minimum atomic E-state index is -0.743. The molecule has 1 aromatic carbocycles. The van der Waals surface area contributed by atoms with Gasteiger partial charge in [0.25, 0.3) is 0 Å². The van der Waals surface area contributed by atoms with Gasteiger partial charge < -0.3 is 11.1 Å². The van der Waals surface area contributed by atoms with Crippen LogP contribution >= 0.6 is 0 Å². The highest BCUT2D eigenvalue weighted by molar-refractivity contribution is 5.86. The van der Waals surface area contributed by atoms with Crippen LogP contribution in [0.2, 0.25) is 0 Å². The molecule has 0 unspecified atom stereocenters. The van der Waals surface area contributed by atoms with Gasteiger partial charge in [-0.25, -0.2) is 0 Å². The van der Waals surface area contributed by atoms with Crippen molar-refractivity contribution in [3.8, 4) is 0 Å². The highest BCUT2D eigenvalue weighted by Crippen LogP contribution is 2.22. The monoisotopic (exact) mass is 262 g/mol. The van der Waals surface area contributed by atoms with E-state index in [9.17, 15) is 4.79 Å². The second kappa shape index (κ2) is 6.20. The van der Waals surface area contributed by atoms with Gasteiger partial charge in [-0.3, -0.25) is 4.79 Å². The van der Waals surface area contributed by atoms with Crippen molar-refractivity contribution < 1.29 is 4.79 Å². The fourth-order valence-corrected chi connectivity index (χ4v) is 2.04. The van der Waals surface area contributed by atoms with Crippen molar-refractivity contribution >= 4 is 5.91 Å². The van der Waals surface area contributed by atoms with E-state index in [4.69, 9.17) is 5.73 Å². The average molecular weight is 262 g/mol. The molecule has 0 fully saturated rings. The summed E-state index contributed by atoms with van der Waals surface area (Å²) in [6.45, 7) is 8.74. The number of nitrogens with one attached hydrogen (secondary N) is 1. The molecule has 3 heteroatoms. The Hall–Kier alpha value is -1.35. The summed E-state index contributed by atoms with van der Waals surface area (Å²) in [4.78, 5) is 12.2. The Morgan fingerprint density at radius 2 is 1.68 bits per heavy atom. The summed E-state index contributed by atoms with van der Waals surface area (Å²) >= 11 is 0. The highest BCUT2D eigenvalue weighted by Gasteiger charge is 2.31. The summed E-state index contributed by atoms with van der Waals surface area (Å²) < 4.78 is 0. The Bertz CT molecular complexity index is 408. The van der Waals surface area contributed by atoms with Crippen molar-refractivity contribution in [2.24, 2.45) is 5.73 Å². The van der Waals surface area contributed by atoms with Crippen molar-refractivity contribution in [1.82, 2.24) is 5.32 Å². The molecular weight excluding hydrogens is 236 g/mol.